The van der Waals surface area contributed by atoms with Crippen LogP contribution in [0.25, 0.3) is 10.9 Å². The van der Waals surface area contributed by atoms with Crippen molar-refractivity contribution < 1.29 is 19.4 Å². The fourth-order valence-electron chi connectivity index (χ4n) is 2.42. The van der Waals surface area contributed by atoms with Crippen molar-refractivity contribution in [3.8, 4) is 5.75 Å². The van der Waals surface area contributed by atoms with E-state index in [4.69, 9.17) is 4.74 Å². The highest BCUT2D eigenvalue weighted by Gasteiger charge is 2.21. The second kappa shape index (κ2) is 10.3. The third kappa shape index (κ3) is 6.57. The molecule has 2 rings (SSSR count). The SMILES string of the molecule is COc1ccc2nc(C)cc(SCC(NC(=O)CN(C)C)C(=O)O)c2c1.Cl. The van der Waals surface area contributed by atoms with Gasteiger partial charge in [-0.2, -0.15) is 0 Å². The first-order valence-corrected chi connectivity index (χ1v) is 9.04. The molecule has 0 aliphatic heterocycles. The van der Waals surface area contributed by atoms with Crippen molar-refractivity contribution in [2.45, 2.75) is 17.9 Å². The van der Waals surface area contributed by atoms with Crippen LogP contribution in [0.1, 0.15) is 5.69 Å². The number of rotatable bonds is 8. The monoisotopic (exact) mass is 413 g/mol. The zero-order valence-electron chi connectivity index (χ0n) is 15.7. The number of nitrogens with zero attached hydrogens (tertiary/aromatic N) is 2. The number of halogens is 1. The van der Waals surface area contributed by atoms with Gasteiger partial charge in [0, 0.05) is 21.7 Å². The summed E-state index contributed by atoms with van der Waals surface area (Å²) >= 11 is 1.38. The summed E-state index contributed by atoms with van der Waals surface area (Å²) in [7, 11) is 5.10. The third-order valence-electron chi connectivity index (χ3n) is 3.60. The molecule has 9 heteroatoms. The second-order valence-electron chi connectivity index (χ2n) is 6.15. The molecule has 0 saturated heterocycles. The molecule has 0 bridgehead atoms. The number of carbonyl (C=O) groups excluding carboxylic acids is 1. The fourth-order valence-corrected chi connectivity index (χ4v) is 3.57. The van der Waals surface area contributed by atoms with E-state index in [1.54, 1.807) is 26.1 Å². The summed E-state index contributed by atoms with van der Waals surface area (Å²) in [6, 6.07) is 6.53. The van der Waals surface area contributed by atoms with Gasteiger partial charge in [-0.05, 0) is 45.3 Å². The number of carbonyl (C=O) groups is 2. The Morgan fingerprint density at radius 1 is 1.33 bits per heavy atom. The maximum Gasteiger partial charge on any atom is 0.327 e. The van der Waals surface area contributed by atoms with E-state index in [2.05, 4.69) is 10.3 Å². The van der Waals surface area contributed by atoms with Crippen molar-refractivity contribution in [2.75, 3.05) is 33.5 Å². The topological polar surface area (TPSA) is 91.8 Å². The van der Waals surface area contributed by atoms with Crippen LogP contribution in [0.5, 0.6) is 5.75 Å². The number of amides is 1. The van der Waals surface area contributed by atoms with Crippen LogP contribution in [0.15, 0.2) is 29.2 Å². The number of hydrogen-bond donors (Lipinski definition) is 2. The van der Waals surface area contributed by atoms with E-state index in [0.717, 1.165) is 21.5 Å². The smallest absolute Gasteiger partial charge is 0.327 e. The van der Waals surface area contributed by atoms with Crippen molar-refractivity contribution in [1.82, 2.24) is 15.2 Å². The Bertz CT molecular complexity index is 817. The molecule has 0 saturated carbocycles. The third-order valence-corrected chi connectivity index (χ3v) is 4.75. The van der Waals surface area contributed by atoms with Gasteiger partial charge in [-0.1, -0.05) is 0 Å². The molecule has 1 aromatic carbocycles. The van der Waals surface area contributed by atoms with Gasteiger partial charge in [0.05, 0.1) is 19.2 Å². The highest BCUT2D eigenvalue weighted by molar-refractivity contribution is 7.99. The Labute approximate surface area is 168 Å². The van der Waals surface area contributed by atoms with E-state index >= 15 is 0 Å². The molecule has 1 amide bonds. The lowest BCUT2D eigenvalue weighted by Gasteiger charge is -2.17. The van der Waals surface area contributed by atoms with E-state index in [0.29, 0.717) is 5.75 Å². The van der Waals surface area contributed by atoms with E-state index in [1.165, 1.54) is 11.8 Å². The molecule has 1 aromatic heterocycles. The van der Waals surface area contributed by atoms with Crippen LogP contribution in [-0.2, 0) is 9.59 Å². The molecule has 2 N–H and O–H groups in total. The molecule has 7 nitrogen and oxygen atoms in total. The highest BCUT2D eigenvalue weighted by atomic mass is 35.5. The van der Waals surface area contributed by atoms with Crippen molar-refractivity contribution in [3.63, 3.8) is 0 Å². The Balaban J connectivity index is 0.00000364. The minimum atomic E-state index is -1.06. The Morgan fingerprint density at radius 3 is 2.63 bits per heavy atom. The zero-order valence-corrected chi connectivity index (χ0v) is 17.3. The van der Waals surface area contributed by atoms with Gasteiger partial charge < -0.3 is 20.1 Å². The molecule has 0 aliphatic carbocycles. The van der Waals surface area contributed by atoms with Gasteiger partial charge in [-0.25, -0.2) is 4.79 Å². The molecule has 1 heterocycles. The molecular weight excluding hydrogens is 390 g/mol. The Hall–Kier alpha value is -2.03. The van der Waals surface area contributed by atoms with E-state index in [-0.39, 0.29) is 30.6 Å². The quantitative estimate of drug-likeness (QED) is 0.641. The largest absolute Gasteiger partial charge is 0.497 e. The first kappa shape index (κ1) is 23.0. The summed E-state index contributed by atoms with van der Waals surface area (Å²) in [5, 5.41) is 12.9. The van der Waals surface area contributed by atoms with E-state index < -0.39 is 12.0 Å². The predicted octanol–water partition coefficient (Wildman–Crippen LogP) is 2.20. The molecule has 148 valence electrons. The van der Waals surface area contributed by atoms with Gasteiger partial charge in [0.15, 0.2) is 0 Å². The Morgan fingerprint density at radius 2 is 2.04 bits per heavy atom. The van der Waals surface area contributed by atoms with Crippen molar-refractivity contribution in [3.05, 3.63) is 30.0 Å². The summed E-state index contributed by atoms with van der Waals surface area (Å²) in [4.78, 5) is 30.5. The average Bonchev–Trinajstić information content (AvgIpc) is 2.56. The van der Waals surface area contributed by atoms with Crippen molar-refractivity contribution in [1.29, 1.82) is 0 Å². The number of hydrogen-bond acceptors (Lipinski definition) is 6. The second-order valence-corrected chi connectivity index (χ2v) is 7.21. The number of fused-ring (bicyclic) bond motifs is 1. The van der Waals surface area contributed by atoms with Crippen LogP contribution in [-0.4, -0.2) is 66.4 Å². The number of aryl methyl sites for hydroxylation is 1. The number of ether oxygens (including phenoxy) is 1. The Kier molecular flexibility index (Phi) is 8.81. The average molecular weight is 414 g/mol. The van der Waals surface area contributed by atoms with Crippen LogP contribution in [0.3, 0.4) is 0 Å². The lowest BCUT2D eigenvalue weighted by atomic mass is 10.2. The highest BCUT2D eigenvalue weighted by Crippen LogP contribution is 2.31. The minimum Gasteiger partial charge on any atom is -0.497 e. The molecule has 1 atom stereocenters. The first-order valence-electron chi connectivity index (χ1n) is 8.05. The maximum atomic E-state index is 11.9. The summed E-state index contributed by atoms with van der Waals surface area (Å²) in [5.74, 6) is -0.457. The van der Waals surface area contributed by atoms with Gasteiger partial charge in [0.25, 0.3) is 0 Å². The molecule has 0 radical (unpaired) electrons. The molecule has 0 fully saturated rings. The summed E-state index contributed by atoms with van der Waals surface area (Å²) in [6.45, 7) is 2.03. The minimum absolute atomic E-state index is 0. The van der Waals surface area contributed by atoms with Gasteiger partial charge in [0.1, 0.15) is 11.8 Å². The maximum absolute atomic E-state index is 11.9. The molecule has 0 spiro atoms. The normalized spacial score (nSPS) is 11.7. The molecule has 0 aliphatic rings. The number of carboxylic acids is 1. The van der Waals surface area contributed by atoms with Crippen molar-refractivity contribution >= 4 is 46.9 Å². The van der Waals surface area contributed by atoms with E-state index in [9.17, 15) is 14.7 Å². The number of aliphatic carboxylic acids is 1. The van der Waals surface area contributed by atoms with Crippen LogP contribution in [0, 0.1) is 6.92 Å². The van der Waals surface area contributed by atoms with Crippen LogP contribution >= 0.6 is 24.2 Å². The van der Waals surface area contributed by atoms with Crippen molar-refractivity contribution in [2.24, 2.45) is 0 Å². The zero-order chi connectivity index (χ0) is 19.3. The van der Waals surface area contributed by atoms with E-state index in [1.807, 2.05) is 31.2 Å². The predicted molar refractivity (Wildman–Crippen MR) is 109 cm³/mol. The number of carboxylic acid groups (broad SMARTS) is 1. The van der Waals surface area contributed by atoms with Crippen LogP contribution < -0.4 is 10.1 Å². The molecular formula is C18H24ClN3O4S. The number of nitrogens with one attached hydrogen (secondary N) is 1. The molecule has 27 heavy (non-hydrogen) atoms. The fraction of sp³-hybridized carbons (Fsp3) is 0.389. The van der Waals surface area contributed by atoms with Crippen LogP contribution in [0.4, 0.5) is 0 Å². The first-order chi connectivity index (χ1) is 12.3. The summed E-state index contributed by atoms with van der Waals surface area (Å²) in [5.41, 5.74) is 1.66. The number of aromatic nitrogens is 1. The lowest BCUT2D eigenvalue weighted by molar-refractivity contribution is -0.141. The lowest BCUT2D eigenvalue weighted by Crippen LogP contribution is -2.45. The van der Waals surface area contributed by atoms with Gasteiger partial charge in [-0.3, -0.25) is 9.78 Å². The summed E-state index contributed by atoms with van der Waals surface area (Å²) in [6.07, 6.45) is 0. The van der Waals surface area contributed by atoms with Gasteiger partial charge in [0.2, 0.25) is 5.91 Å². The molecule has 2 aromatic rings. The number of methoxy groups -OCH3 is 1. The number of pyridine rings is 1. The standard InChI is InChI=1S/C18H23N3O4S.ClH/c1-11-7-16(13-8-12(25-4)5-6-14(13)19-11)26-10-15(18(23)24)20-17(22)9-21(2)3;/h5-8,15H,9-10H2,1-4H3,(H,20,22)(H,23,24);1H. The summed E-state index contributed by atoms with van der Waals surface area (Å²) < 4.78 is 5.27. The number of benzene rings is 1. The van der Waals surface area contributed by atoms with Gasteiger partial charge >= 0.3 is 5.97 Å². The number of thioether (sulfide) groups is 1. The van der Waals surface area contributed by atoms with Gasteiger partial charge in [-0.15, -0.1) is 24.2 Å². The number of likely N-dealkylation sites (N-methyl/N-ethyl adjacent to an activating group) is 1. The molecule has 1 unspecified atom stereocenters. The van der Waals surface area contributed by atoms with Crippen LogP contribution in [0.2, 0.25) is 0 Å².